The maximum atomic E-state index is 13.0. The van der Waals surface area contributed by atoms with Crippen LogP contribution in [0.4, 0.5) is 4.39 Å². The molecule has 1 aliphatic rings. The zero-order chi connectivity index (χ0) is 17.8. The van der Waals surface area contributed by atoms with Gasteiger partial charge in [0.2, 0.25) is 0 Å². The summed E-state index contributed by atoms with van der Waals surface area (Å²) in [6, 6.07) is 12.5. The third-order valence-corrected chi connectivity index (χ3v) is 4.55. The molecule has 1 atom stereocenters. The fourth-order valence-corrected chi connectivity index (χ4v) is 3.14. The Kier molecular flexibility index (Phi) is 5.12. The molecule has 1 heterocycles. The van der Waals surface area contributed by atoms with Crippen LogP contribution in [0.5, 0.6) is 5.75 Å². The van der Waals surface area contributed by atoms with Crippen molar-refractivity contribution in [1.82, 2.24) is 4.90 Å². The number of amides is 1. The third-order valence-electron chi connectivity index (χ3n) is 4.55. The normalized spacial score (nSPS) is 17.2. The van der Waals surface area contributed by atoms with E-state index >= 15 is 0 Å². The SMILES string of the molecule is COc1ccc(C(=O)N2CCC[C@H](C(=O)c3ccc(F)cc3)C2)cc1. The highest BCUT2D eigenvalue weighted by molar-refractivity contribution is 5.99. The lowest BCUT2D eigenvalue weighted by molar-refractivity contribution is 0.0637. The maximum Gasteiger partial charge on any atom is 0.253 e. The largest absolute Gasteiger partial charge is 0.497 e. The Balaban J connectivity index is 1.70. The van der Waals surface area contributed by atoms with Crippen LogP contribution in [0.3, 0.4) is 0 Å². The Morgan fingerprint density at radius 1 is 1.04 bits per heavy atom. The van der Waals surface area contributed by atoms with E-state index in [0.717, 1.165) is 12.8 Å². The van der Waals surface area contributed by atoms with E-state index in [9.17, 15) is 14.0 Å². The molecule has 1 saturated heterocycles. The fraction of sp³-hybridized carbons (Fsp3) is 0.300. The summed E-state index contributed by atoms with van der Waals surface area (Å²) in [5.41, 5.74) is 1.07. The zero-order valence-corrected chi connectivity index (χ0v) is 14.1. The lowest BCUT2D eigenvalue weighted by Crippen LogP contribution is -2.42. The predicted molar refractivity (Wildman–Crippen MR) is 92.4 cm³/mol. The van der Waals surface area contributed by atoms with Crippen molar-refractivity contribution in [3.8, 4) is 5.75 Å². The molecule has 0 unspecified atom stereocenters. The number of rotatable bonds is 4. The van der Waals surface area contributed by atoms with Gasteiger partial charge in [-0.3, -0.25) is 9.59 Å². The molecule has 0 saturated carbocycles. The van der Waals surface area contributed by atoms with Crippen molar-refractivity contribution in [3.05, 3.63) is 65.5 Å². The Morgan fingerprint density at radius 2 is 1.68 bits per heavy atom. The molecule has 5 heteroatoms. The van der Waals surface area contributed by atoms with Gasteiger partial charge in [-0.2, -0.15) is 0 Å². The molecule has 0 radical (unpaired) electrons. The number of carbonyl (C=O) groups excluding carboxylic acids is 2. The maximum absolute atomic E-state index is 13.0. The van der Waals surface area contributed by atoms with Crippen molar-refractivity contribution in [1.29, 1.82) is 0 Å². The molecule has 0 spiro atoms. The van der Waals surface area contributed by atoms with Gasteiger partial charge in [0.05, 0.1) is 7.11 Å². The van der Waals surface area contributed by atoms with E-state index in [2.05, 4.69) is 0 Å². The highest BCUT2D eigenvalue weighted by Gasteiger charge is 2.29. The van der Waals surface area contributed by atoms with E-state index in [1.165, 1.54) is 24.3 Å². The predicted octanol–water partition coefficient (Wildman–Crippen LogP) is 3.57. The number of benzene rings is 2. The minimum Gasteiger partial charge on any atom is -0.497 e. The molecule has 130 valence electrons. The van der Waals surface area contributed by atoms with Crippen molar-refractivity contribution in [3.63, 3.8) is 0 Å². The second kappa shape index (κ2) is 7.47. The van der Waals surface area contributed by atoms with Crippen molar-refractivity contribution < 1.29 is 18.7 Å². The van der Waals surface area contributed by atoms with E-state index in [0.29, 0.717) is 30.0 Å². The first-order valence-electron chi connectivity index (χ1n) is 8.31. The average Bonchev–Trinajstić information content (AvgIpc) is 2.67. The second-order valence-electron chi connectivity index (χ2n) is 6.19. The molecule has 1 fully saturated rings. The smallest absolute Gasteiger partial charge is 0.253 e. The quantitative estimate of drug-likeness (QED) is 0.799. The first-order chi connectivity index (χ1) is 12.1. The minimum atomic E-state index is -0.364. The van der Waals surface area contributed by atoms with Crippen LogP contribution in [-0.2, 0) is 0 Å². The standard InChI is InChI=1S/C20H20FNO3/c1-25-18-10-6-15(7-11-18)20(24)22-12-2-3-16(13-22)19(23)14-4-8-17(21)9-5-14/h4-11,16H,2-3,12-13H2,1H3/t16-/m0/s1. The van der Waals surface area contributed by atoms with Gasteiger partial charge in [0.1, 0.15) is 11.6 Å². The number of halogens is 1. The van der Waals surface area contributed by atoms with Crippen molar-refractivity contribution in [2.24, 2.45) is 5.92 Å². The molecule has 0 bridgehead atoms. The lowest BCUT2D eigenvalue weighted by atomic mass is 9.89. The Morgan fingerprint density at radius 3 is 2.32 bits per heavy atom. The zero-order valence-electron chi connectivity index (χ0n) is 14.1. The van der Waals surface area contributed by atoms with Crippen molar-refractivity contribution >= 4 is 11.7 Å². The van der Waals surface area contributed by atoms with E-state index in [-0.39, 0.29) is 23.4 Å². The number of methoxy groups -OCH3 is 1. The Hall–Kier alpha value is -2.69. The van der Waals surface area contributed by atoms with Gasteiger partial charge in [-0.1, -0.05) is 0 Å². The number of hydrogen-bond donors (Lipinski definition) is 0. The Bertz CT molecular complexity index is 756. The summed E-state index contributed by atoms with van der Waals surface area (Å²) >= 11 is 0. The molecule has 2 aromatic carbocycles. The molecule has 1 amide bonds. The number of carbonyl (C=O) groups is 2. The summed E-state index contributed by atoms with van der Waals surface area (Å²) in [7, 11) is 1.58. The summed E-state index contributed by atoms with van der Waals surface area (Å²) in [5.74, 6) is -0.0380. The number of hydrogen-bond acceptors (Lipinski definition) is 3. The van der Waals surface area contributed by atoms with Crippen LogP contribution < -0.4 is 4.74 Å². The van der Waals surface area contributed by atoms with Crippen LogP contribution >= 0.6 is 0 Å². The van der Waals surface area contributed by atoms with Gasteiger partial charge in [0.15, 0.2) is 5.78 Å². The first kappa shape index (κ1) is 17.1. The van der Waals surface area contributed by atoms with Gasteiger partial charge in [-0.25, -0.2) is 4.39 Å². The van der Waals surface area contributed by atoms with Gasteiger partial charge in [0, 0.05) is 30.1 Å². The summed E-state index contributed by atoms with van der Waals surface area (Å²) in [6.07, 6.45) is 1.52. The van der Waals surface area contributed by atoms with Crippen LogP contribution in [0.2, 0.25) is 0 Å². The molecule has 25 heavy (non-hydrogen) atoms. The number of piperidine rings is 1. The van der Waals surface area contributed by atoms with E-state index < -0.39 is 0 Å². The molecular formula is C20H20FNO3. The van der Waals surface area contributed by atoms with E-state index in [1.807, 2.05) is 0 Å². The molecule has 0 aliphatic carbocycles. The number of likely N-dealkylation sites (tertiary alicyclic amines) is 1. The molecule has 3 rings (SSSR count). The van der Waals surface area contributed by atoms with Crippen molar-refractivity contribution in [2.45, 2.75) is 12.8 Å². The highest BCUT2D eigenvalue weighted by atomic mass is 19.1. The summed E-state index contributed by atoms with van der Waals surface area (Å²) in [5, 5.41) is 0. The van der Waals surface area contributed by atoms with Crippen LogP contribution in [0.1, 0.15) is 33.6 Å². The van der Waals surface area contributed by atoms with Crippen molar-refractivity contribution in [2.75, 3.05) is 20.2 Å². The van der Waals surface area contributed by atoms with Crippen LogP contribution in [-0.4, -0.2) is 36.8 Å². The number of ether oxygens (including phenoxy) is 1. The van der Waals surface area contributed by atoms with Crippen LogP contribution in [0.15, 0.2) is 48.5 Å². The van der Waals surface area contributed by atoms with Crippen LogP contribution in [0, 0.1) is 11.7 Å². The number of ketones is 1. The van der Waals surface area contributed by atoms with E-state index in [1.54, 1.807) is 36.3 Å². The molecule has 0 aromatic heterocycles. The second-order valence-corrected chi connectivity index (χ2v) is 6.19. The van der Waals surface area contributed by atoms with Crippen LogP contribution in [0.25, 0.3) is 0 Å². The van der Waals surface area contributed by atoms with Gasteiger partial charge >= 0.3 is 0 Å². The summed E-state index contributed by atoms with van der Waals surface area (Å²) in [6.45, 7) is 1.03. The lowest BCUT2D eigenvalue weighted by Gasteiger charge is -2.32. The van der Waals surface area contributed by atoms with Gasteiger partial charge in [0.25, 0.3) is 5.91 Å². The van der Waals surface area contributed by atoms with Gasteiger partial charge in [-0.05, 0) is 61.4 Å². The average molecular weight is 341 g/mol. The molecule has 4 nitrogen and oxygen atoms in total. The van der Waals surface area contributed by atoms with E-state index in [4.69, 9.17) is 4.74 Å². The molecule has 0 N–H and O–H groups in total. The van der Waals surface area contributed by atoms with Gasteiger partial charge in [-0.15, -0.1) is 0 Å². The monoisotopic (exact) mass is 341 g/mol. The summed E-state index contributed by atoms with van der Waals surface area (Å²) in [4.78, 5) is 27.0. The Labute approximate surface area is 146 Å². The summed E-state index contributed by atoms with van der Waals surface area (Å²) < 4.78 is 18.1. The fourth-order valence-electron chi connectivity index (χ4n) is 3.14. The van der Waals surface area contributed by atoms with Gasteiger partial charge < -0.3 is 9.64 Å². The molecule has 1 aliphatic heterocycles. The third kappa shape index (κ3) is 3.87. The number of Topliss-reactive ketones (excluding diaryl/α,β-unsaturated/α-hetero) is 1. The molecular weight excluding hydrogens is 321 g/mol. The number of nitrogens with zero attached hydrogens (tertiary/aromatic N) is 1. The highest BCUT2D eigenvalue weighted by Crippen LogP contribution is 2.23. The first-order valence-corrected chi connectivity index (χ1v) is 8.31. The minimum absolute atomic E-state index is 0.0350. The molecule has 2 aromatic rings. The topological polar surface area (TPSA) is 46.6 Å².